The van der Waals surface area contributed by atoms with E-state index in [2.05, 4.69) is 34.7 Å². The highest BCUT2D eigenvalue weighted by atomic mass is 32.1. The fraction of sp³-hybridized carbons (Fsp3) is 0.250. The SMILES string of the molecule is S=C1N[C@@H](Cc2c[nH]c3ccccc23)CO1. The average Bonchev–Trinajstić information content (AvgIpc) is 2.87. The van der Waals surface area contributed by atoms with E-state index in [0.29, 0.717) is 17.8 Å². The Kier molecular flexibility index (Phi) is 2.29. The van der Waals surface area contributed by atoms with E-state index < -0.39 is 0 Å². The molecule has 2 heterocycles. The van der Waals surface area contributed by atoms with Gasteiger partial charge in [0.2, 0.25) is 0 Å². The van der Waals surface area contributed by atoms with E-state index in [-0.39, 0.29) is 0 Å². The molecule has 0 saturated carbocycles. The van der Waals surface area contributed by atoms with Gasteiger partial charge in [0.05, 0.1) is 6.04 Å². The predicted molar refractivity (Wildman–Crippen MR) is 67.5 cm³/mol. The number of aromatic amines is 1. The molecule has 1 aliphatic rings. The summed E-state index contributed by atoms with van der Waals surface area (Å²) in [5.41, 5.74) is 2.49. The molecule has 1 aliphatic heterocycles. The Hall–Kier alpha value is -1.55. The summed E-state index contributed by atoms with van der Waals surface area (Å²) in [5, 5.41) is 4.95. The molecular weight excluding hydrogens is 220 g/mol. The molecule has 1 atom stereocenters. The number of rotatable bonds is 2. The molecule has 1 saturated heterocycles. The van der Waals surface area contributed by atoms with E-state index in [0.717, 1.165) is 6.42 Å². The minimum absolute atomic E-state index is 0.298. The topological polar surface area (TPSA) is 37.0 Å². The van der Waals surface area contributed by atoms with Gasteiger partial charge in [0.25, 0.3) is 5.17 Å². The Morgan fingerprint density at radius 3 is 3.06 bits per heavy atom. The van der Waals surface area contributed by atoms with Crippen LogP contribution in [0.15, 0.2) is 30.5 Å². The second-order valence-electron chi connectivity index (χ2n) is 4.00. The average molecular weight is 232 g/mol. The van der Waals surface area contributed by atoms with Crippen molar-refractivity contribution >= 4 is 28.3 Å². The first-order chi connectivity index (χ1) is 7.83. The highest BCUT2D eigenvalue weighted by Gasteiger charge is 2.20. The van der Waals surface area contributed by atoms with Crippen LogP contribution in [0.3, 0.4) is 0 Å². The first-order valence-electron chi connectivity index (χ1n) is 5.31. The van der Waals surface area contributed by atoms with Gasteiger partial charge in [-0.1, -0.05) is 18.2 Å². The molecule has 0 spiro atoms. The summed E-state index contributed by atoms with van der Waals surface area (Å²) in [6, 6.07) is 8.61. The standard InChI is InChI=1S/C12H12N2OS/c16-12-14-9(7-15-12)5-8-6-13-11-4-2-1-3-10(8)11/h1-4,6,9,13H,5,7H2,(H,14,16)/t9-/m0/s1. The van der Waals surface area contributed by atoms with E-state index in [1.165, 1.54) is 16.5 Å². The molecular formula is C12H12N2OS. The molecule has 1 fully saturated rings. The van der Waals surface area contributed by atoms with Gasteiger partial charge >= 0.3 is 0 Å². The maximum atomic E-state index is 5.24. The van der Waals surface area contributed by atoms with Crippen molar-refractivity contribution in [2.24, 2.45) is 0 Å². The van der Waals surface area contributed by atoms with Crippen LogP contribution in [0, 0.1) is 0 Å². The zero-order valence-electron chi connectivity index (χ0n) is 8.69. The molecule has 2 N–H and O–H groups in total. The van der Waals surface area contributed by atoms with E-state index in [9.17, 15) is 0 Å². The van der Waals surface area contributed by atoms with Crippen LogP contribution in [-0.2, 0) is 11.2 Å². The van der Waals surface area contributed by atoms with Crippen LogP contribution in [-0.4, -0.2) is 22.8 Å². The molecule has 1 aromatic carbocycles. The third-order valence-electron chi connectivity index (χ3n) is 2.88. The lowest BCUT2D eigenvalue weighted by Gasteiger charge is -2.06. The molecule has 0 radical (unpaired) electrons. The minimum atomic E-state index is 0.298. The van der Waals surface area contributed by atoms with Crippen molar-refractivity contribution in [2.75, 3.05) is 6.61 Å². The zero-order chi connectivity index (χ0) is 11.0. The summed E-state index contributed by atoms with van der Waals surface area (Å²) < 4.78 is 5.24. The van der Waals surface area contributed by atoms with E-state index in [1.807, 2.05) is 6.07 Å². The largest absolute Gasteiger partial charge is 0.469 e. The van der Waals surface area contributed by atoms with Gasteiger partial charge in [-0.2, -0.15) is 0 Å². The maximum Gasteiger partial charge on any atom is 0.257 e. The second-order valence-corrected chi connectivity index (χ2v) is 4.37. The maximum absolute atomic E-state index is 5.24. The Morgan fingerprint density at radius 2 is 2.25 bits per heavy atom. The number of ether oxygens (including phenoxy) is 1. The predicted octanol–water partition coefficient (Wildman–Crippen LogP) is 1.98. The second kappa shape index (κ2) is 3.79. The summed E-state index contributed by atoms with van der Waals surface area (Å²) in [6.45, 7) is 0.665. The summed E-state index contributed by atoms with van der Waals surface area (Å²) in [6.07, 6.45) is 3.00. The number of para-hydroxylation sites is 1. The quantitative estimate of drug-likeness (QED) is 0.777. The van der Waals surface area contributed by atoms with Crippen molar-refractivity contribution < 1.29 is 4.74 Å². The molecule has 16 heavy (non-hydrogen) atoms. The van der Waals surface area contributed by atoms with Gasteiger partial charge in [0.15, 0.2) is 0 Å². The Bertz CT molecular complexity index is 535. The third-order valence-corrected chi connectivity index (χ3v) is 3.11. The highest BCUT2D eigenvalue weighted by Crippen LogP contribution is 2.19. The van der Waals surface area contributed by atoms with Crippen LogP contribution in [0.4, 0.5) is 0 Å². The van der Waals surface area contributed by atoms with Gasteiger partial charge in [-0.05, 0) is 30.3 Å². The van der Waals surface area contributed by atoms with Crippen LogP contribution >= 0.6 is 12.2 Å². The van der Waals surface area contributed by atoms with Gasteiger partial charge in [0.1, 0.15) is 6.61 Å². The number of nitrogens with one attached hydrogen (secondary N) is 2. The van der Waals surface area contributed by atoms with Crippen molar-refractivity contribution in [1.82, 2.24) is 10.3 Å². The zero-order valence-corrected chi connectivity index (χ0v) is 9.51. The number of H-pyrrole nitrogens is 1. The van der Waals surface area contributed by atoms with Crippen molar-refractivity contribution in [3.63, 3.8) is 0 Å². The van der Waals surface area contributed by atoms with Crippen LogP contribution in [0.25, 0.3) is 10.9 Å². The van der Waals surface area contributed by atoms with E-state index >= 15 is 0 Å². The van der Waals surface area contributed by atoms with Crippen molar-refractivity contribution in [3.05, 3.63) is 36.0 Å². The number of aromatic nitrogens is 1. The van der Waals surface area contributed by atoms with Gasteiger partial charge < -0.3 is 15.0 Å². The van der Waals surface area contributed by atoms with Gasteiger partial charge in [0, 0.05) is 17.1 Å². The van der Waals surface area contributed by atoms with Crippen LogP contribution < -0.4 is 5.32 Å². The van der Waals surface area contributed by atoms with Crippen molar-refractivity contribution in [1.29, 1.82) is 0 Å². The summed E-state index contributed by atoms with van der Waals surface area (Å²) >= 11 is 4.95. The monoisotopic (exact) mass is 232 g/mol. The number of hydrogen-bond donors (Lipinski definition) is 2. The molecule has 82 valence electrons. The summed E-state index contributed by atoms with van der Waals surface area (Å²) in [4.78, 5) is 3.27. The molecule has 0 amide bonds. The molecule has 3 nitrogen and oxygen atoms in total. The smallest absolute Gasteiger partial charge is 0.257 e. The summed E-state index contributed by atoms with van der Waals surface area (Å²) in [5.74, 6) is 0. The van der Waals surface area contributed by atoms with Crippen LogP contribution in [0.5, 0.6) is 0 Å². The Morgan fingerprint density at radius 1 is 1.38 bits per heavy atom. The number of hydrogen-bond acceptors (Lipinski definition) is 2. The molecule has 0 bridgehead atoms. The fourth-order valence-electron chi connectivity index (χ4n) is 2.10. The van der Waals surface area contributed by atoms with E-state index in [1.54, 1.807) is 0 Å². The minimum Gasteiger partial charge on any atom is -0.469 e. The fourth-order valence-corrected chi connectivity index (χ4v) is 2.34. The number of benzene rings is 1. The molecule has 4 heteroatoms. The Labute approximate surface area is 98.8 Å². The lowest BCUT2D eigenvalue weighted by Crippen LogP contribution is -2.27. The Balaban J connectivity index is 1.86. The van der Waals surface area contributed by atoms with Gasteiger partial charge in [-0.25, -0.2) is 0 Å². The lowest BCUT2D eigenvalue weighted by molar-refractivity contribution is 0.331. The number of fused-ring (bicyclic) bond motifs is 1. The van der Waals surface area contributed by atoms with Crippen molar-refractivity contribution in [2.45, 2.75) is 12.5 Å². The first-order valence-corrected chi connectivity index (χ1v) is 5.72. The van der Waals surface area contributed by atoms with Gasteiger partial charge in [-0.15, -0.1) is 0 Å². The third kappa shape index (κ3) is 1.65. The normalized spacial score (nSPS) is 19.8. The van der Waals surface area contributed by atoms with Crippen molar-refractivity contribution in [3.8, 4) is 0 Å². The molecule has 2 aromatic rings. The molecule has 3 rings (SSSR count). The highest BCUT2D eigenvalue weighted by molar-refractivity contribution is 7.80. The lowest BCUT2D eigenvalue weighted by atomic mass is 10.1. The first kappa shape index (κ1) is 9.66. The number of thiocarbonyl (C=S) groups is 1. The van der Waals surface area contributed by atoms with Crippen LogP contribution in [0.1, 0.15) is 5.56 Å². The molecule has 0 unspecified atom stereocenters. The summed E-state index contributed by atoms with van der Waals surface area (Å²) in [7, 11) is 0. The van der Waals surface area contributed by atoms with Gasteiger partial charge in [-0.3, -0.25) is 0 Å². The van der Waals surface area contributed by atoms with Crippen LogP contribution in [0.2, 0.25) is 0 Å². The molecule has 1 aromatic heterocycles. The van der Waals surface area contributed by atoms with E-state index in [4.69, 9.17) is 17.0 Å². The molecule has 0 aliphatic carbocycles.